The van der Waals surface area contributed by atoms with E-state index in [1.165, 1.54) is 11.0 Å². The van der Waals surface area contributed by atoms with Gasteiger partial charge in [-0.3, -0.25) is 4.79 Å². The molecule has 0 N–H and O–H groups in total. The average Bonchev–Trinajstić information content (AvgIpc) is 3.18. The van der Waals surface area contributed by atoms with Crippen molar-refractivity contribution in [1.29, 1.82) is 0 Å². The summed E-state index contributed by atoms with van der Waals surface area (Å²) < 4.78 is 34.7. The van der Waals surface area contributed by atoms with Crippen LogP contribution in [0.4, 0.5) is 5.69 Å². The second kappa shape index (κ2) is 9.70. The van der Waals surface area contributed by atoms with Crippen LogP contribution >= 0.6 is 0 Å². The van der Waals surface area contributed by atoms with Gasteiger partial charge in [-0.2, -0.15) is 0 Å². The first-order valence-electron chi connectivity index (χ1n) is 10.2. The topological polar surface area (TPSA) is 90.0 Å². The van der Waals surface area contributed by atoms with Crippen LogP contribution in [0.1, 0.15) is 10.4 Å². The van der Waals surface area contributed by atoms with E-state index in [2.05, 4.69) is 0 Å². The van der Waals surface area contributed by atoms with Crippen LogP contribution in [0.2, 0.25) is 0 Å². The number of carbonyl (C=O) groups excluding carboxylic acids is 2. The van der Waals surface area contributed by atoms with Gasteiger partial charge in [0.25, 0.3) is 5.91 Å². The van der Waals surface area contributed by atoms with Crippen LogP contribution in [0, 0.1) is 0 Å². The molecule has 4 rings (SSSR count). The lowest BCUT2D eigenvalue weighted by Gasteiger charge is -2.27. The molecule has 33 heavy (non-hydrogen) atoms. The van der Waals surface area contributed by atoms with Crippen LogP contribution in [0.5, 0.6) is 11.5 Å². The molecule has 1 unspecified atom stereocenters. The molecule has 0 aromatic heterocycles. The highest BCUT2D eigenvalue weighted by atomic mass is 32.2. The third kappa shape index (κ3) is 5.67. The fourth-order valence-corrected chi connectivity index (χ4v) is 4.66. The maximum absolute atomic E-state index is 12.9. The van der Waals surface area contributed by atoms with E-state index in [9.17, 15) is 18.0 Å². The van der Waals surface area contributed by atoms with Gasteiger partial charge in [-0.15, -0.1) is 0 Å². The molecule has 0 aliphatic carbocycles. The third-order valence-corrected chi connectivity index (χ3v) is 6.32. The second-order valence-corrected chi connectivity index (χ2v) is 9.27. The summed E-state index contributed by atoms with van der Waals surface area (Å²) in [6, 6.07) is 23.6. The molecule has 1 aliphatic heterocycles. The predicted molar refractivity (Wildman–Crippen MR) is 124 cm³/mol. The van der Waals surface area contributed by atoms with Gasteiger partial charge in [-0.05, 0) is 54.6 Å². The zero-order valence-corrected chi connectivity index (χ0v) is 18.4. The van der Waals surface area contributed by atoms with E-state index in [-0.39, 0.29) is 11.3 Å². The van der Waals surface area contributed by atoms with E-state index >= 15 is 0 Å². The Labute approximate surface area is 191 Å². The maximum Gasteiger partial charge on any atom is 0.338 e. The Hall–Kier alpha value is -3.91. The van der Waals surface area contributed by atoms with Crippen molar-refractivity contribution in [3.63, 3.8) is 0 Å². The second-order valence-electron chi connectivity index (χ2n) is 7.34. The lowest BCUT2D eigenvalue weighted by Crippen LogP contribution is -2.43. The number of amides is 1. The largest absolute Gasteiger partial charge is 0.457 e. The molecule has 8 heteroatoms. The van der Waals surface area contributed by atoms with Gasteiger partial charge in [-0.1, -0.05) is 36.4 Å². The minimum Gasteiger partial charge on any atom is -0.457 e. The summed E-state index contributed by atoms with van der Waals surface area (Å²) >= 11 is 0. The number of esters is 1. The molecule has 0 saturated heterocycles. The van der Waals surface area contributed by atoms with Gasteiger partial charge >= 0.3 is 5.97 Å². The van der Waals surface area contributed by atoms with E-state index in [0.717, 1.165) is 5.41 Å². The lowest BCUT2D eigenvalue weighted by molar-refractivity contribution is -0.121. The van der Waals surface area contributed by atoms with Crippen LogP contribution in [0.25, 0.3) is 0 Å². The Balaban J connectivity index is 1.41. The smallest absolute Gasteiger partial charge is 0.338 e. The summed E-state index contributed by atoms with van der Waals surface area (Å²) in [5.41, 5.74) is 0.783. The predicted octanol–water partition coefficient (Wildman–Crippen LogP) is 3.98. The summed E-state index contributed by atoms with van der Waals surface area (Å²) in [4.78, 5) is 26.7. The number of sulfone groups is 1. The highest BCUT2D eigenvalue weighted by Gasteiger charge is 2.31. The number of hydrogen-bond acceptors (Lipinski definition) is 6. The van der Waals surface area contributed by atoms with E-state index < -0.39 is 34.4 Å². The van der Waals surface area contributed by atoms with Crippen molar-refractivity contribution in [2.45, 2.75) is 6.04 Å². The maximum atomic E-state index is 12.9. The van der Waals surface area contributed by atoms with Gasteiger partial charge in [0.05, 0.1) is 17.4 Å². The summed E-state index contributed by atoms with van der Waals surface area (Å²) in [5, 5.41) is 1.10. The molecule has 7 nitrogen and oxygen atoms in total. The first-order valence-corrected chi connectivity index (χ1v) is 11.9. The number of ether oxygens (including phenoxy) is 2. The minimum atomic E-state index is -3.38. The van der Waals surface area contributed by atoms with Crippen LogP contribution in [0.15, 0.2) is 96.4 Å². The standard InChI is InChI=1S/C25H21NO6S/c27-24(26(20-7-3-1-4-8-20)21-15-16-33(29,30)18-21)17-31-25(28)19-11-13-23(14-12-19)32-22-9-5-2-6-10-22/h1-16,21H,17-18H2. The van der Waals surface area contributed by atoms with E-state index in [1.807, 2.05) is 30.3 Å². The van der Waals surface area contributed by atoms with Crippen molar-refractivity contribution in [2.75, 3.05) is 17.3 Å². The lowest BCUT2D eigenvalue weighted by atomic mass is 10.2. The number of carbonyl (C=O) groups is 2. The highest BCUT2D eigenvalue weighted by Crippen LogP contribution is 2.24. The quantitative estimate of drug-likeness (QED) is 0.493. The molecule has 1 amide bonds. The van der Waals surface area contributed by atoms with Crippen LogP contribution < -0.4 is 9.64 Å². The van der Waals surface area contributed by atoms with Crippen LogP contribution in [-0.2, 0) is 19.4 Å². The number of anilines is 1. The van der Waals surface area contributed by atoms with Gasteiger partial charge in [0.15, 0.2) is 16.4 Å². The molecule has 0 radical (unpaired) electrons. The fourth-order valence-electron chi connectivity index (χ4n) is 3.39. The van der Waals surface area contributed by atoms with E-state index in [4.69, 9.17) is 9.47 Å². The molecule has 168 valence electrons. The first-order chi connectivity index (χ1) is 15.9. The highest BCUT2D eigenvalue weighted by molar-refractivity contribution is 7.94. The van der Waals surface area contributed by atoms with Crippen LogP contribution in [0.3, 0.4) is 0 Å². The van der Waals surface area contributed by atoms with Gasteiger partial charge in [0, 0.05) is 11.1 Å². The number of para-hydroxylation sites is 2. The number of rotatable bonds is 7. The normalized spacial score (nSPS) is 16.2. The van der Waals surface area contributed by atoms with Crippen molar-refractivity contribution < 1.29 is 27.5 Å². The molecule has 0 spiro atoms. The van der Waals surface area contributed by atoms with Crippen molar-refractivity contribution in [1.82, 2.24) is 0 Å². The number of nitrogens with zero attached hydrogens (tertiary/aromatic N) is 1. The van der Waals surface area contributed by atoms with Crippen molar-refractivity contribution >= 4 is 27.4 Å². The first kappa shape index (κ1) is 22.3. The molecule has 3 aromatic rings. The fraction of sp³-hybridized carbons (Fsp3) is 0.120. The van der Waals surface area contributed by atoms with Crippen molar-refractivity contribution in [3.05, 3.63) is 102 Å². The Morgan fingerprint density at radius 2 is 1.45 bits per heavy atom. The molecule has 0 bridgehead atoms. The molecule has 0 saturated carbocycles. The molecule has 1 aliphatic rings. The number of benzene rings is 3. The van der Waals surface area contributed by atoms with Gasteiger partial charge in [0.2, 0.25) is 0 Å². The van der Waals surface area contributed by atoms with Crippen molar-refractivity contribution in [2.24, 2.45) is 0 Å². The Bertz CT molecular complexity index is 1260. The summed E-state index contributed by atoms with van der Waals surface area (Å²) in [7, 11) is -3.38. The average molecular weight is 464 g/mol. The molecular weight excluding hydrogens is 442 g/mol. The summed E-state index contributed by atoms with van der Waals surface area (Å²) in [6.45, 7) is -0.527. The SMILES string of the molecule is O=C(OCC(=O)N(c1ccccc1)C1C=CS(=O)(=O)C1)c1ccc(Oc2ccccc2)cc1. The van der Waals surface area contributed by atoms with E-state index in [0.29, 0.717) is 17.2 Å². The summed E-state index contributed by atoms with van der Waals surface area (Å²) in [5.74, 6) is -0.187. The van der Waals surface area contributed by atoms with Gasteiger partial charge in [0.1, 0.15) is 11.5 Å². The van der Waals surface area contributed by atoms with Gasteiger partial charge in [-0.25, -0.2) is 13.2 Å². The molecular formula is C25H21NO6S. The molecule has 1 heterocycles. The Morgan fingerprint density at radius 1 is 0.848 bits per heavy atom. The zero-order valence-electron chi connectivity index (χ0n) is 17.5. The Morgan fingerprint density at radius 3 is 2.06 bits per heavy atom. The minimum absolute atomic E-state index is 0.218. The molecule has 1 atom stereocenters. The van der Waals surface area contributed by atoms with Crippen molar-refractivity contribution in [3.8, 4) is 11.5 Å². The monoisotopic (exact) mass is 463 g/mol. The molecule has 0 fully saturated rings. The summed E-state index contributed by atoms with van der Waals surface area (Å²) in [6.07, 6.45) is 1.47. The third-order valence-electron chi connectivity index (χ3n) is 4.94. The Kier molecular flexibility index (Phi) is 6.55. The van der Waals surface area contributed by atoms with Gasteiger partial charge < -0.3 is 14.4 Å². The van der Waals surface area contributed by atoms with E-state index in [1.54, 1.807) is 54.6 Å². The van der Waals surface area contributed by atoms with Crippen LogP contribution in [-0.4, -0.2) is 38.7 Å². The zero-order chi connectivity index (χ0) is 23.3. The molecule has 3 aromatic carbocycles. The number of hydrogen-bond donors (Lipinski definition) is 0.